The van der Waals surface area contributed by atoms with E-state index in [-0.39, 0.29) is 6.61 Å². The van der Waals surface area contributed by atoms with Gasteiger partial charge in [0.2, 0.25) is 0 Å². The van der Waals surface area contributed by atoms with Crippen molar-refractivity contribution in [1.82, 2.24) is 0 Å². The molecular weight excluding hydrogens is 256 g/mol. The Morgan fingerprint density at radius 2 is 1.95 bits per heavy atom. The smallest absolute Gasteiger partial charge is 0.299 e. The topological polar surface area (TPSA) is 60.9 Å². The van der Waals surface area contributed by atoms with E-state index in [1.54, 1.807) is 13.1 Å². The molecule has 0 bridgehead atoms. The fourth-order valence-electron chi connectivity index (χ4n) is 2.37. The lowest BCUT2D eigenvalue weighted by Crippen LogP contribution is -2.25. The number of aliphatic hydroxyl groups is 1. The Labute approximate surface area is 118 Å². The predicted octanol–water partition coefficient (Wildman–Crippen LogP) is 1.44. The quantitative estimate of drug-likeness (QED) is 0.631. The van der Waals surface area contributed by atoms with E-state index in [0.717, 1.165) is 31.5 Å². The van der Waals surface area contributed by atoms with Crippen LogP contribution in [0.2, 0.25) is 0 Å². The van der Waals surface area contributed by atoms with E-state index in [1.807, 2.05) is 19.2 Å². The Bertz CT molecular complexity index is 528. The molecule has 5 nitrogen and oxygen atoms in total. The van der Waals surface area contributed by atoms with Gasteiger partial charge in [-0.3, -0.25) is 9.59 Å². The first kappa shape index (κ1) is 14.5. The number of nitrogens with zero attached hydrogens (tertiary/aromatic N) is 2. The normalized spacial score (nSPS) is 13.8. The Hall–Kier alpha value is -1.88. The van der Waals surface area contributed by atoms with Crippen LogP contribution in [0, 0.1) is 0 Å². The molecule has 1 aliphatic heterocycles. The third-order valence-corrected chi connectivity index (χ3v) is 3.68. The van der Waals surface area contributed by atoms with Crippen LogP contribution in [0.1, 0.15) is 29.6 Å². The number of hydrogen-bond donors (Lipinski definition) is 1. The van der Waals surface area contributed by atoms with Crippen LogP contribution in [-0.2, 0) is 4.79 Å². The number of amides is 1. The first-order chi connectivity index (χ1) is 9.56. The first-order valence-electron chi connectivity index (χ1n) is 6.84. The van der Waals surface area contributed by atoms with Crippen LogP contribution in [0.5, 0.6) is 0 Å². The number of unbranched alkanes of at least 4 members (excludes halogenated alkanes) is 2. The Morgan fingerprint density at radius 3 is 2.65 bits per heavy atom. The lowest BCUT2D eigenvalue weighted by molar-refractivity contribution is -0.114. The van der Waals surface area contributed by atoms with Gasteiger partial charge in [-0.1, -0.05) is 0 Å². The number of carbonyl (C=O) groups excluding carboxylic acids is 2. The van der Waals surface area contributed by atoms with Gasteiger partial charge in [0.15, 0.2) is 0 Å². The Kier molecular flexibility index (Phi) is 4.39. The minimum Gasteiger partial charge on any atom is -0.396 e. The third kappa shape index (κ3) is 2.67. The molecule has 5 heteroatoms. The van der Waals surface area contributed by atoms with Crippen molar-refractivity contribution in [2.45, 2.75) is 19.3 Å². The fourth-order valence-corrected chi connectivity index (χ4v) is 2.37. The van der Waals surface area contributed by atoms with Crippen molar-refractivity contribution >= 4 is 23.1 Å². The molecule has 0 spiro atoms. The second-order valence-electron chi connectivity index (χ2n) is 5.10. The third-order valence-electron chi connectivity index (χ3n) is 3.68. The number of anilines is 2. The van der Waals surface area contributed by atoms with Crippen molar-refractivity contribution in [3.8, 4) is 0 Å². The number of carbonyl (C=O) groups is 2. The number of fused-ring (bicyclic) bond motifs is 1. The summed E-state index contributed by atoms with van der Waals surface area (Å²) in [7, 11) is 3.61. The van der Waals surface area contributed by atoms with Crippen molar-refractivity contribution < 1.29 is 14.7 Å². The molecule has 0 fully saturated rings. The highest BCUT2D eigenvalue weighted by Gasteiger charge is 2.33. The maximum atomic E-state index is 11.7. The van der Waals surface area contributed by atoms with Crippen LogP contribution in [0.15, 0.2) is 18.2 Å². The average molecular weight is 276 g/mol. The zero-order chi connectivity index (χ0) is 14.7. The summed E-state index contributed by atoms with van der Waals surface area (Å²) in [5, 5.41) is 8.75. The lowest BCUT2D eigenvalue weighted by atomic mass is 10.1. The number of rotatable bonds is 6. The SMILES string of the molecule is CN(CCCCCO)c1ccc2c(c1)N(C)C(=O)C2=O. The number of Topliss-reactive ketones (excluding diaryl/α,β-unsaturated/α-hetero) is 1. The molecule has 0 aromatic heterocycles. The summed E-state index contributed by atoms with van der Waals surface area (Å²) in [5.41, 5.74) is 2.15. The van der Waals surface area contributed by atoms with Crippen molar-refractivity contribution in [3.63, 3.8) is 0 Å². The van der Waals surface area contributed by atoms with Crippen molar-refractivity contribution in [2.75, 3.05) is 37.0 Å². The summed E-state index contributed by atoms with van der Waals surface area (Å²) in [6.07, 6.45) is 2.81. The standard InChI is InChI=1S/C15H20N2O3/c1-16(8-4-3-5-9-18)11-6-7-12-13(10-11)17(2)15(20)14(12)19/h6-7,10,18H,3-5,8-9H2,1-2H3. The van der Waals surface area contributed by atoms with Gasteiger partial charge in [-0.2, -0.15) is 0 Å². The molecule has 0 atom stereocenters. The maximum absolute atomic E-state index is 11.7. The molecule has 0 unspecified atom stereocenters. The highest BCUT2D eigenvalue weighted by Crippen LogP contribution is 2.31. The van der Waals surface area contributed by atoms with Crippen molar-refractivity contribution in [3.05, 3.63) is 23.8 Å². The van der Waals surface area contributed by atoms with Crippen LogP contribution < -0.4 is 9.80 Å². The van der Waals surface area contributed by atoms with E-state index >= 15 is 0 Å². The van der Waals surface area contributed by atoms with E-state index in [4.69, 9.17) is 5.11 Å². The number of hydrogen-bond acceptors (Lipinski definition) is 4. The minimum atomic E-state index is -0.470. The largest absolute Gasteiger partial charge is 0.396 e. The summed E-state index contributed by atoms with van der Waals surface area (Å²) in [4.78, 5) is 26.8. The zero-order valence-electron chi connectivity index (χ0n) is 11.9. The maximum Gasteiger partial charge on any atom is 0.299 e. The summed E-state index contributed by atoms with van der Waals surface area (Å²) in [6, 6.07) is 5.47. The van der Waals surface area contributed by atoms with Gasteiger partial charge in [0, 0.05) is 32.9 Å². The van der Waals surface area contributed by atoms with E-state index in [9.17, 15) is 9.59 Å². The molecule has 1 N–H and O–H groups in total. The number of likely N-dealkylation sites (N-methyl/N-ethyl adjacent to an activating group) is 1. The average Bonchev–Trinajstić information content (AvgIpc) is 2.68. The van der Waals surface area contributed by atoms with Gasteiger partial charge >= 0.3 is 0 Å². The van der Waals surface area contributed by atoms with Crippen LogP contribution in [0.4, 0.5) is 11.4 Å². The van der Waals surface area contributed by atoms with Gasteiger partial charge < -0.3 is 14.9 Å². The lowest BCUT2D eigenvalue weighted by Gasteiger charge is -2.20. The molecule has 2 rings (SSSR count). The first-order valence-corrected chi connectivity index (χ1v) is 6.84. The summed E-state index contributed by atoms with van der Waals surface area (Å²) in [5.74, 6) is -0.901. The highest BCUT2D eigenvalue weighted by molar-refractivity contribution is 6.52. The summed E-state index contributed by atoms with van der Waals surface area (Å²) < 4.78 is 0. The van der Waals surface area contributed by atoms with E-state index in [2.05, 4.69) is 4.90 Å². The molecule has 0 aliphatic carbocycles. The summed E-state index contributed by atoms with van der Waals surface area (Å²) >= 11 is 0. The van der Waals surface area contributed by atoms with Gasteiger partial charge in [0.25, 0.3) is 11.7 Å². The molecule has 1 aromatic rings. The Morgan fingerprint density at radius 1 is 1.20 bits per heavy atom. The van der Waals surface area contributed by atoms with Gasteiger partial charge in [0.1, 0.15) is 0 Å². The van der Waals surface area contributed by atoms with Gasteiger partial charge in [-0.15, -0.1) is 0 Å². The predicted molar refractivity (Wildman–Crippen MR) is 78.4 cm³/mol. The minimum absolute atomic E-state index is 0.234. The van der Waals surface area contributed by atoms with E-state index < -0.39 is 11.7 Å². The van der Waals surface area contributed by atoms with Gasteiger partial charge in [0.05, 0.1) is 11.3 Å². The molecule has 1 aliphatic rings. The molecule has 0 saturated carbocycles. The fraction of sp³-hybridized carbons (Fsp3) is 0.467. The van der Waals surface area contributed by atoms with Crippen LogP contribution in [0.25, 0.3) is 0 Å². The van der Waals surface area contributed by atoms with E-state index in [1.165, 1.54) is 4.90 Å². The van der Waals surface area contributed by atoms with Crippen LogP contribution >= 0.6 is 0 Å². The molecule has 1 amide bonds. The second-order valence-corrected chi connectivity index (χ2v) is 5.10. The highest BCUT2D eigenvalue weighted by atomic mass is 16.3. The molecular formula is C15H20N2O3. The van der Waals surface area contributed by atoms with Gasteiger partial charge in [-0.05, 0) is 37.5 Å². The number of ketones is 1. The number of aliphatic hydroxyl groups excluding tert-OH is 1. The van der Waals surface area contributed by atoms with E-state index in [0.29, 0.717) is 11.3 Å². The molecule has 20 heavy (non-hydrogen) atoms. The monoisotopic (exact) mass is 276 g/mol. The molecule has 108 valence electrons. The second kappa shape index (κ2) is 6.05. The Balaban J connectivity index is 2.08. The molecule has 1 heterocycles. The zero-order valence-corrected chi connectivity index (χ0v) is 11.9. The molecule has 1 aromatic carbocycles. The van der Waals surface area contributed by atoms with Crippen LogP contribution in [0.3, 0.4) is 0 Å². The van der Waals surface area contributed by atoms with Crippen molar-refractivity contribution in [1.29, 1.82) is 0 Å². The van der Waals surface area contributed by atoms with Gasteiger partial charge in [-0.25, -0.2) is 0 Å². The summed E-state index contributed by atoms with van der Waals surface area (Å²) in [6.45, 7) is 1.11. The number of benzene rings is 1. The molecule has 0 saturated heterocycles. The molecule has 0 radical (unpaired) electrons. The van der Waals surface area contributed by atoms with Crippen LogP contribution in [-0.4, -0.2) is 44.0 Å². The van der Waals surface area contributed by atoms with Crippen molar-refractivity contribution in [2.24, 2.45) is 0 Å².